The highest BCUT2D eigenvalue weighted by atomic mass is 35.5. The number of benzene rings is 3. The van der Waals surface area contributed by atoms with Crippen LogP contribution in [0.4, 0.5) is 10.2 Å². The van der Waals surface area contributed by atoms with Crippen LogP contribution >= 0.6 is 23.2 Å². The van der Waals surface area contributed by atoms with Crippen LogP contribution in [0.15, 0.2) is 91.0 Å². The molecule has 9 heteroatoms. The second-order valence-electron chi connectivity index (χ2n) is 13.7. The van der Waals surface area contributed by atoms with Crippen LogP contribution in [0.5, 0.6) is 0 Å². The van der Waals surface area contributed by atoms with Crippen LogP contribution in [0.25, 0.3) is 0 Å². The molecule has 3 aromatic carbocycles. The predicted molar refractivity (Wildman–Crippen MR) is 179 cm³/mol. The number of aromatic nitrogens is 1. The third kappa shape index (κ3) is 4.66. The van der Waals surface area contributed by atoms with Crippen molar-refractivity contribution in [2.75, 3.05) is 5.73 Å². The standard InChI is InChI=1S/C37H37Cl2FN4O2/c1-35(2)18-20-36(21-19-35)37(42,25-16-17-27(39)43-33(25)41)28(24-14-9-15-26(38)29(24)40)31-34(45)46-32(23-12-7-4-8-13-23)30(44(31)36)22-10-5-3-6-11-22/h3-17,28,30-32H,18-21,42H2,1-2H3,(H2,41,43)/t28-,30+,31+,32-,37+/m0/s1. The smallest absolute Gasteiger partial charge is 0.324 e. The molecule has 4 aromatic rings. The van der Waals surface area contributed by atoms with Crippen molar-refractivity contribution in [3.05, 3.63) is 129 Å². The Morgan fingerprint density at radius 2 is 1.48 bits per heavy atom. The lowest BCUT2D eigenvalue weighted by Gasteiger charge is -2.57. The fourth-order valence-electron chi connectivity index (χ4n) is 8.56. The zero-order chi connectivity index (χ0) is 32.4. The third-order valence-electron chi connectivity index (χ3n) is 10.8. The average molecular weight is 660 g/mol. The molecule has 3 fully saturated rings. The van der Waals surface area contributed by atoms with Crippen molar-refractivity contribution >= 4 is 35.0 Å². The normalized spacial score (nSPS) is 28.5. The van der Waals surface area contributed by atoms with Gasteiger partial charge in [0.15, 0.2) is 0 Å². The molecule has 46 heavy (non-hydrogen) atoms. The molecule has 4 N–H and O–H groups in total. The van der Waals surface area contributed by atoms with Crippen LogP contribution in [-0.2, 0) is 15.1 Å². The number of carbonyl (C=O) groups is 1. The van der Waals surface area contributed by atoms with Crippen molar-refractivity contribution in [3.8, 4) is 0 Å². The third-order valence-corrected chi connectivity index (χ3v) is 11.3. The lowest BCUT2D eigenvalue weighted by atomic mass is 9.57. The van der Waals surface area contributed by atoms with Gasteiger partial charge < -0.3 is 16.2 Å². The quantitative estimate of drug-likeness (QED) is 0.170. The Kier molecular flexibility index (Phi) is 7.67. The van der Waals surface area contributed by atoms with Crippen LogP contribution in [0.1, 0.15) is 79.8 Å². The molecule has 0 bridgehead atoms. The fraction of sp³-hybridized carbons (Fsp3) is 0.351. The SMILES string of the molecule is CC1(C)CCC2(CC1)N1[C@H](c3ccccc3)[C@H](c3ccccc3)OC(=O)[C@H]1[C@H](c1cccc(Cl)c1F)[C@]2(N)c1ccc(Cl)nc1N. The van der Waals surface area contributed by atoms with E-state index < -0.39 is 47.0 Å². The number of nitrogens with zero attached hydrogens (tertiary/aromatic N) is 2. The zero-order valence-electron chi connectivity index (χ0n) is 25.8. The minimum absolute atomic E-state index is 0.0300. The monoisotopic (exact) mass is 658 g/mol. The van der Waals surface area contributed by atoms with Gasteiger partial charge in [-0.1, -0.05) is 116 Å². The summed E-state index contributed by atoms with van der Waals surface area (Å²) in [6.45, 7) is 4.51. The molecule has 238 valence electrons. The number of rotatable bonds is 4. The fourth-order valence-corrected chi connectivity index (χ4v) is 8.89. The second-order valence-corrected chi connectivity index (χ2v) is 14.5. The van der Waals surface area contributed by atoms with Crippen molar-refractivity contribution < 1.29 is 13.9 Å². The molecule has 0 radical (unpaired) electrons. The van der Waals surface area contributed by atoms with Gasteiger partial charge >= 0.3 is 5.97 Å². The maximum absolute atomic E-state index is 16.4. The van der Waals surface area contributed by atoms with Gasteiger partial charge in [0.05, 0.1) is 16.6 Å². The van der Waals surface area contributed by atoms with Gasteiger partial charge in [0, 0.05) is 17.0 Å². The van der Waals surface area contributed by atoms with Gasteiger partial charge in [-0.2, -0.15) is 0 Å². The van der Waals surface area contributed by atoms with Crippen molar-refractivity contribution in [2.45, 2.75) is 74.7 Å². The minimum Gasteiger partial charge on any atom is -0.454 e. The first-order chi connectivity index (χ1) is 22.0. The summed E-state index contributed by atoms with van der Waals surface area (Å²) in [6.07, 6.45) is 2.27. The molecule has 7 rings (SSSR count). The number of hydrogen-bond donors (Lipinski definition) is 2. The number of carbonyl (C=O) groups excluding carboxylic acids is 1. The summed E-state index contributed by atoms with van der Waals surface area (Å²) >= 11 is 12.8. The zero-order valence-corrected chi connectivity index (χ0v) is 27.3. The van der Waals surface area contributed by atoms with E-state index in [9.17, 15) is 4.79 Å². The molecule has 2 aliphatic heterocycles. The van der Waals surface area contributed by atoms with E-state index in [4.69, 9.17) is 39.4 Å². The topological polar surface area (TPSA) is 94.5 Å². The molecule has 5 atom stereocenters. The molecule has 2 saturated heterocycles. The summed E-state index contributed by atoms with van der Waals surface area (Å²) in [5, 5.41) is 0.167. The number of morpholine rings is 1. The minimum atomic E-state index is -1.40. The van der Waals surface area contributed by atoms with Gasteiger partial charge in [0.2, 0.25) is 0 Å². The Morgan fingerprint density at radius 1 is 0.848 bits per heavy atom. The predicted octanol–water partition coefficient (Wildman–Crippen LogP) is 8.11. The summed E-state index contributed by atoms with van der Waals surface area (Å²) < 4.78 is 22.8. The van der Waals surface area contributed by atoms with E-state index in [1.165, 1.54) is 6.07 Å². The lowest BCUT2D eigenvalue weighted by Crippen LogP contribution is -2.66. The highest BCUT2D eigenvalue weighted by molar-refractivity contribution is 6.30. The van der Waals surface area contributed by atoms with E-state index >= 15 is 4.39 Å². The van der Waals surface area contributed by atoms with Crippen molar-refractivity contribution in [2.24, 2.45) is 11.1 Å². The summed E-state index contributed by atoms with van der Waals surface area (Å²) in [5.74, 6) is -1.86. The number of esters is 1. The highest BCUT2D eigenvalue weighted by Gasteiger charge is 2.74. The van der Waals surface area contributed by atoms with E-state index in [2.05, 4.69) is 35.9 Å². The molecule has 1 aliphatic carbocycles. The summed E-state index contributed by atoms with van der Waals surface area (Å²) in [6, 6.07) is 26.7. The first-order valence-electron chi connectivity index (χ1n) is 15.7. The van der Waals surface area contributed by atoms with Crippen LogP contribution in [0.2, 0.25) is 10.2 Å². The molecule has 1 saturated carbocycles. The van der Waals surface area contributed by atoms with Crippen LogP contribution in [-0.4, -0.2) is 27.4 Å². The van der Waals surface area contributed by atoms with Gasteiger partial charge in [-0.25, -0.2) is 9.37 Å². The summed E-state index contributed by atoms with van der Waals surface area (Å²) in [7, 11) is 0. The van der Waals surface area contributed by atoms with E-state index in [-0.39, 0.29) is 27.0 Å². The van der Waals surface area contributed by atoms with E-state index in [1.54, 1.807) is 24.3 Å². The first-order valence-corrected chi connectivity index (χ1v) is 16.5. The molecule has 0 amide bonds. The number of nitrogen functional groups attached to an aromatic ring is 1. The maximum Gasteiger partial charge on any atom is 0.324 e. The van der Waals surface area contributed by atoms with Gasteiger partial charge in [0.25, 0.3) is 0 Å². The Bertz CT molecular complexity index is 1780. The number of halogens is 3. The molecular formula is C37H37Cl2FN4O2. The van der Waals surface area contributed by atoms with Gasteiger partial charge in [-0.15, -0.1) is 0 Å². The van der Waals surface area contributed by atoms with Crippen LogP contribution in [0.3, 0.4) is 0 Å². The molecule has 1 aromatic heterocycles. The Labute approximate surface area is 278 Å². The van der Waals surface area contributed by atoms with Gasteiger partial charge in [-0.3, -0.25) is 9.69 Å². The molecule has 3 heterocycles. The van der Waals surface area contributed by atoms with Gasteiger partial charge in [-0.05, 0) is 59.9 Å². The lowest BCUT2D eigenvalue weighted by molar-refractivity contribution is -0.183. The Hall–Kier alpha value is -3.49. The number of nitrogens with two attached hydrogens (primary N) is 2. The number of fused-ring (bicyclic) bond motifs is 2. The first kappa shape index (κ1) is 31.1. The van der Waals surface area contributed by atoms with E-state index in [1.807, 2.05) is 48.5 Å². The number of hydrogen-bond acceptors (Lipinski definition) is 6. The van der Waals surface area contributed by atoms with Crippen LogP contribution < -0.4 is 11.5 Å². The largest absolute Gasteiger partial charge is 0.454 e. The number of cyclic esters (lactones) is 1. The van der Waals surface area contributed by atoms with E-state index in [0.29, 0.717) is 18.4 Å². The maximum atomic E-state index is 16.4. The van der Waals surface area contributed by atoms with Gasteiger partial charge in [0.1, 0.15) is 28.9 Å². The molecule has 0 unspecified atom stereocenters. The highest BCUT2D eigenvalue weighted by Crippen LogP contribution is 2.67. The Morgan fingerprint density at radius 3 is 2.11 bits per heavy atom. The van der Waals surface area contributed by atoms with Crippen molar-refractivity contribution in [1.29, 1.82) is 0 Å². The summed E-state index contributed by atoms with van der Waals surface area (Å²) in [4.78, 5) is 21.4. The Balaban J connectivity index is 1.58. The molecular weight excluding hydrogens is 622 g/mol. The van der Waals surface area contributed by atoms with Crippen molar-refractivity contribution in [3.63, 3.8) is 0 Å². The number of ether oxygens (including phenoxy) is 1. The second kappa shape index (κ2) is 11.3. The van der Waals surface area contributed by atoms with Crippen LogP contribution in [0, 0.1) is 11.2 Å². The number of anilines is 1. The molecule has 6 nitrogen and oxygen atoms in total. The molecule has 3 aliphatic rings. The van der Waals surface area contributed by atoms with E-state index in [0.717, 1.165) is 24.0 Å². The van der Waals surface area contributed by atoms with Crippen molar-refractivity contribution in [1.82, 2.24) is 9.88 Å². The summed E-state index contributed by atoms with van der Waals surface area (Å²) in [5.41, 5.74) is 15.0. The average Bonchev–Trinajstić information content (AvgIpc) is 3.26. The number of pyridine rings is 1. The molecule has 1 spiro atoms.